The van der Waals surface area contributed by atoms with Crippen LogP contribution in [-0.4, -0.2) is 16.1 Å². The summed E-state index contributed by atoms with van der Waals surface area (Å²) in [6.07, 6.45) is 4.87. The number of carboxylic acid groups (broad SMARTS) is 1. The van der Waals surface area contributed by atoms with Gasteiger partial charge in [-0.25, -0.2) is 4.98 Å². The van der Waals surface area contributed by atoms with E-state index in [-0.39, 0.29) is 12.3 Å². The van der Waals surface area contributed by atoms with Crippen LogP contribution in [0.4, 0.5) is 0 Å². The van der Waals surface area contributed by atoms with E-state index in [1.807, 2.05) is 6.92 Å². The molecule has 0 saturated heterocycles. The van der Waals surface area contributed by atoms with Crippen LogP contribution in [0.3, 0.4) is 0 Å². The van der Waals surface area contributed by atoms with Gasteiger partial charge in [0.25, 0.3) is 0 Å². The molecule has 0 spiro atoms. The molecular weight excluding hydrogens is 210 g/mol. The summed E-state index contributed by atoms with van der Waals surface area (Å²) >= 11 is 1.71. The number of aliphatic carboxylic acids is 1. The number of fused-ring (bicyclic) bond motifs is 1. The lowest BCUT2D eigenvalue weighted by atomic mass is 10.0. The van der Waals surface area contributed by atoms with Crippen molar-refractivity contribution in [2.24, 2.45) is 0 Å². The molecule has 4 heteroatoms. The molecule has 15 heavy (non-hydrogen) atoms. The molecule has 1 unspecified atom stereocenters. The highest BCUT2D eigenvalue weighted by molar-refractivity contribution is 7.11. The van der Waals surface area contributed by atoms with Gasteiger partial charge >= 0.3 is 5.97 Å². The van der Waals surface area contributed by atoms with Crippen molar-refractivity contribution in [2.45, 2.75) is 44.9 Å². The van der Waals surface area contributed by atoms with Crippen LogP contribution in [0.2, 0.25) is 0 Å². The fourth-order valence-electron chi connectivity index (χ4n) is 1.93. The lowest BCUT2D eigenvalue weighted by molar-refractivity contribution is -0.137. The van der Waals surface area contributed by atoms with Gasteiger partial charge in [-0.1, -0.05) is 6.92 Å². The molecular formula is C11H15NO2S. The van der Waals surface area contributed by atoms with Crippen molar-refractivity contribution in [1.29, 1.82) is 0 Å². The van der Waals surface area contributed by atoms with Crippen LogP contribution in [-0.2, 0) is 17.6 Å². The summed E-state index contributed by atoms with van der Waals surface area (Å²) in [5.74, 6) is -0.686. The number of rotatable bonds is 3. The molecule has 1 N–H and O–H groups in total. The minimum Gasteiger partial charge on any atom is -0.481 e. The van der Waals surface area contributed by atoms with Gasteiger partial charge in [0, 0.05) is 10.8 Å². The van der Waals surface area contributed by atoms with Crippen molar-refractivity contribution in [3.63, 3.8) is 0 Å². The summed E-state index contributed by atoms with van der Waals surface area (Å²) in [4.78, 5) is 16.5. The number of thiazole rings is 1. The first-order valence-electron chi connectivity index (χ1n) is 5.37. The molecule has 82 valence electrons. The molecule has 0 fully saturated rings. The zero-order chi connectivity index (χ0) is 10.8. The SMILES string of the molecule is CC(CC(=O)O)c1nc2c(s1)CCCC2. The summed E-state index contributed by atoms with van der Waals surface area (Å²) in [5, 5.41) is 9.73. The Morgan fingerprint density at radius 2 is 2.27 bits per heavy atom. The molecule has 0 saturated carbocycles. The zero-order valence-electron chi connectivity index (χ0n) is 8.82. The molecule has 1 heterocycles. The van der Waals surface area contributed by atoms with Crippen LogP contribution in [0.1, 0.15) is 47.7 Å². The maximum Gasteiger partial charge on any atom is 0.304 e. The number of aromatic nitrogens is 1. The van der Waals surface area contributed by atoms with E-state index in [9.17, 15) is 4.79 Å². The lowest BCUT2D eigenvalue weighted by Gasteiger charge is -2.06. The van der Waals surface area contributed by atoms with Gasteiger partial charge in [-0.05, 0) is 25.7 Å². The fourth-order valence-corrected chi connectivity index (χ4v) is 3.14. The van der Waals surface area contributed by atoms with Crippen LogP contribution in [0.5, 0.6) is 0 Å². The Morgan fingerprint density at radius 3 is 2.93 bits per heavy atom. The van der Waals surface area contributed by atoms with Crippen molar-refractivity contribution in [2.75, 3.05) is 0 Å². The van der Waals surface area contributed by atoms with E-state index in [4.69, 9.17) is 5.11 Å². The summed E-state index contributed by atoms with van der Waals surface area (Å²) < 4.78 is 0. The third kappa shape index (κ3) is 2.37. The molecule has 2 rings (SSSR count). The highest BCUT2D eigenvalue weighted by Gasteiger charge is 2.19. The third-order valence-corrected chi connectivity index (χ3v) is 4.15. The minimum atomic E-state index is -0.740. The Bertz CT molecular complexity index is 349. The van der Waals surface area contributed by atoms with Gasteiger partial charge in [-0.2, -0.15) is 0 Å². The Balaban J connectivity index is 2.15. The molecule has 1 aliphatic rings. The van der Waals surface area contributed by atoms with E-state index in [0.717, 1.165) is 17.8 Å². The van der Waals surface area contributed by atoms with Crippen molar-refractivity contribution >= 4 is 17.3 Å². The lowest BCUT2D eigenvalue weighted by Crippen LogP contribution is -2.03. The molecule has 1 atom stereocenters. The Hall–Kier alpha value is -0.900. The maximum atomic E-state index is 10.6. The first kappa shape index (κ1) is 10.6. The summed E-state index contributed by atoms with van der Waals surface area (Å²) in [6.45, 7) is 1.94. The van der Waals surface area contributed by atoms with Crippen LogP contribution in [0, 0.1) is 0 Å². The van der Waals surface area contributed by atoms with E-state index >= 15 is 0 Å². The van der Waals surface area contributed by atoms with Gasteiger partial charge in [0.15, 0.2) is 0 Å². The maximum absolute atomic E-state index is 10.6. The number of aryl methyl sites for hydroxylation is 2. The quantitative estimate of drug-likeness (QED) is 0.860. The number of hydrogen-bond donors (Lipinski definition) is 1. The van der Waals surface area contributed by atoms with Crippen LogP contribution in [0.15, 0.2) is 0 Å². The van der Waals surface area contributed by atoms with Crippen molar-refractivity contribution in [3.8, 4) is 0 Å². The van der Waals surface area contributed by atoms with Gasteiger partial charge in [-0.15, -0.1) is 11.3 Å². The second-order valence-electron chi connectivity index (χ2n) is 4.13. The highest BCUT2D eigenvalue weighted by atomic mass is 32.1. The monoisotopic (exact) mass is 225 g/mol. The van der Waals surface area contributed by atoms with E-state index in [2.05, 4.69) is 4.98 Å². The van der Waals surface area contributed by atoms with Crippen molar-refractivity contribution in [3.05, 3.63) is 15.6 Å². The van der Waals surface area contributed by atoms with Gasteiger partial charge in [0.1, 0.15) is 0 Å². The second-order valence-corrected chi connectivity index (χ2v) is 5.24. The molecule has 0 amide bonds. The molecule has 0 radical (unpaired) electrons. The molecule has 0 aliphatic heterocycles. The number of hydrogen-bond acceptors (Lipinski definition) is 3. The van der Waals surface area contributed by atoms with Gasteiger partial charge in [-0.3, -0.25) is 4.79 Å². The fraction of sp³-hybridized carbons (Fsp3) is 0.636. The largest absolute Gasteiger partial charge is 0.481 e. The predicted molar refractivity (Wildman–Crippen MR) is 59.4 cm³/mol. The third-order valence-electron chi connectivity index (χ3n) is 2.76. The molecule has 0 aromatic carbocycles. The van der Waals surface area contributed by atoms with E-state index in [1.165, 1.54) is 23.4 Å². The van der Waals surface area contributed by atoms with Crippen LogP contribution in [0.25, 0.3) is 0 Å². The Morgan fingerprint density at radius 1 is 1.53 bits per heavy atom. The molecule has 0 bridgehead atoms. The first-order chi connectivity index (χ1) is 7.16. The van der Waals surface area contributed by atoms with Gasteiger partial charge < -0.3 is 5.11 Å². The number of carboxylic acids is 1. The Kier molecular flexibility index (Phi) is 3.05. The summed E-state index contributed by atoms with van der Waals surface area (Å²) in [5.41, 5.74) is 1.22. The van der Waals surface area contributed by atoms with Gasteiger partial charge in [0.2, 0.25) is 0 Å². The smallest absolute Gasteiger partial charge is 0.304 e. The molecule has 1 aromatic rings. The van der Waals surface area contributed by atoms with Crippen LogP contribution >= 0.6 is 11.3 Å². The minimum absolute atomic E-state index is 0.0538. The normalized spacial score (nSPS) is 17.1. The predicted octanol–water partition coefficient (Wildman–Crippen LogP) is 2.60. The van der Waals surface area contributed by atoms with Crippen molar-refractivity contribution < 1.29 is 9.90 Å². The Labute approximate surface area is 93.2 Å². The second kappa shape index (κ2) is 4.31. The number of carbonyl (C=O) groups is 1. The van der Waals surface area contributed by atoms with Crippen LogP contribution < -0.4 is 0 Å². The molecule has 1 aromatic heterocycles. The molecule has 3 nitrogen and oxygen atoms in total. The van der Waals surface area contributed by atoms with E-state index in [1.54, 1.807) is 11.3 Å². The first-order valence-corrected chi connectivity index (χ1v) is 6.18. The summed E-state index contributed by atoms with van der Waals surface area (Å²) in [6, 6.07) is 0. The average molecular weight is 225 g/mol. The molecule has 1 aliphatic carbocycles. The summed E-state index contributed by atoms with van der Waals surface area (Å²) in [7, 11) is 0. The average Bonchev–Trinajstić information content (AvgIpc) is 2.59. The van der Waals surface area contributed by atoms with E-state index < -0.39 is 5.97 Å². The highest BCUT2D eigenvalue weighted by Crippen LogP contribution is 2.31. The topological polar surface area (TPSA) is 50.2 Å². The van der Waals surface area contributed by atoms with Gasteiger partial charge in [0.05, 0.1) is 17.1 Å². The van der Waals surface area contributed by atoms with E-state index in [0.29, 0.717) is 0 Å². The number of nitrogens with zero attached hydrogens (tertiary/aromatic N) is 1. The standard InChI is InChI=1S/C11H15NO2S/c1-7(6-10(13)14)11-12-8-4-2-3-5-9(8)15-11/h7H,2-6H2,1H3,(H,13,14). The van der Waals surface area contributed by atoms with Crippen molar-refractivity contribution in [1.82, 2.24) is 4.98 Å². The zero-order valence-corrected chi connectivity index (χ0v) is 9.64.